The third kappa shape index (κ3) is 2.98. The standard InChI is InChI=1S/C14H22N2O3/c1-10-4-3-6-16(12(10)8-15)9-11-5-7-19-13(11)14(17)18-2/h5,7,10,12H,3-4,6,8-9,15H2,1-2H3. The first-order valence-corrected chi connectivity index (χ1v) is 6.76. The summed E-state index contributed by atoms with van der Waals surface area (Å²) in [4.78, 5) is 13.9. The largest absolute Gasteiger partial charge is 0.463 e. The summed E-state index contributed by atoms with van der Waals surface area (Å²) in [5.41, 5.74) is 6.75. The smallest absolute Gasteiger partial charge is 0.374 e. The number of carbonyl (C=O) groups excluding carboxylic acids is 1. The van der Waals surface area contributed by atoms with E-state index in [2.05, 4.69) is 11.8 Å². The van der Waals surface area contributed by atoms with Crippen molar-refractivity contribution in [1.82, 2.24) is 4.90 Å². The molecule has 2 rings (SSSR count). The van der Waals surface area contributed by atoms with Crippen molar-refractivity contribution in [1.29, 1.82) is 0 Å². The minimum atomic E-state index is -0.422. The Kier molecular flexibility index (Phi) is 4.61. The van der Waals surface area contributed by atoms with E-state index < -0.39 is 5.97 Å². The van der Waals surface area contributed by atoms with Gasteiger partial charge in [0.1, 0.15) is 0 Å². The van der Waals surface area contributed by atoms with Crippen molar-refractivity contribution in [3.8, 4) is 0 Å². The van der Waals surface area contributed by atoms with Crippen LogP contribution < -0.4 is 5.73 Å². The number of likely N-dealkylation sites (tertiary alicyclic amines) is 1. The molecule has 0 aromatic carbocycles. The van der Waals surface area contributed by atoms with Crippen LogP contribution in [0.4, 0.5) is 0 Å². The maximum absolute atomic E-state index is 11.6. The fourth-order valence-electron chi connectivity index (χ4n) is 2.86. The first-order valence-electron chi connectivity index (χ1n) is 6.76. The fourth-order valence-corrected chi connectivity index (χ4v) is 2.86. The van der Waals surface area contributed by atoms with E-state index in [1.54, 1.807) is 0 Å². The van der Waals surface area contributed by atoms with Crippen LogP contribution in [0.3, 0.4) is 0 Å². The molecule has 0 radical (unpaired) electrons. The van der Waals surface area contributed by atoms with Crippen LogP contribution in [0.2, 0.25) is 0 Å². The van der Waals surface area contributed by atoms with E-state index in [-0.39, 0.29) is 0 Å². The van der Waals surface area contributed by atoms with E-state index in [4.69, 9.17) is 14.9 Å². The summed E-state index contributed by atoms with van der Waals surface area (Å²) < 4.78 is 9.94. The zero-order valence-electron chi connectivity index (χ0n) is 11.6. The molecule has 1 aliphatic heterocycles. The first kappa shape index (κ1) is 14.1. The molecule has 0 saturated carbocycles. The summed E-state index contributed by atoms with van der Waals surface area (Å²) in [5.74, 6) is 0.470. The van der Waals surface area contributed by atoms with E-state index in [0.717, 1.165) is 12.1 Å². The number of nitrogens with zero attached hydrogens (tertiary/aromatic N) is 1. The molecule has 0 amide bonds. The Balaban J connectivity index is 2.11. The van der Waals surface area contributed by atoms with Crippen LogP contribution in [0, 0.1) is 5.92 Å². The Hall–Kier alpha value is -1.33. The van der Waals surface area contributed by atoms with E-state index in [0.29, 0.717) is 30.8 Å². The maximum Gasteiger partial charge on any atom is 0.374 e. The number of nitrogens with two attached hydrogens (primary N) is 1. The molecular weight excluding hydrogens is 244 g/mol. The molecule has 0 spiro atoms. The Morgan fingerprint density at radius 2 is 2.42 bits per heavy atom. The van der Waals surface area contributed by atoms with Gasteiger partial charge in [-0.3, -0.25) is 4.90 Å². The lowest BCUT2D eigenvalue weighted by atomic mass is 9.90. The molecule has 1 saturated heterocycles. The van der Waals surface area contributed by atoms with Gasteiger partial charge in [0.25, 0.3) is 0 Å². The van der Waals surface area contributed by atoms with Crippen LogP contribution in [-0.2, 0) is 11.3 Å². The summed E-state index contributed by atoms with van der Waals surface area (Å²) >= 11 is 0. The van der Waals surface area contributed by atoms with Gasteiger partial charge < -0.3 is 14.9 Å². The SMILES string of the molecule is COC(=O)c1occc1CN1CCCC(C)C1CN. The molecule has 5 nitrogen and oxygen atoms in total. The highest BCUT2D eigenvalue weighted by Gasteiger charge is 2.29. The van der Waals surface area contributed by atoms with Crippen molar-refractivity contribution in [2.45, 2.75) is 32.4 Å². The van der Waals surface area contributed by atoms with Crippen molar-refractivity contribution in [2.24, 2.45) is 11.7 Å². The Bertz CT molecular complexity index is 430. The van der Waals surface area contributed by atoms with Crippen LogP contribution in [0.25, 0.3) is 0 Å². The van der Waals surface area contributed by atoms with Crippen LogP contribution in [0.15, 0.2) is 16.7 Å². The van der Waals surface area contributed by atoms with E-state index in [1.165, 1.54) is 26.2 Å². The third-order valence-corrected chi connectivity index (χ3v) is 3.96. The Morgan fingerprint density at radius 1 is 1.63 bits per heavy atom. The van der Waals surface area contributed by atoms with Crippen molar-refractivity contribution < 1.29 is 13.9 Å². The van der Waals surface area contributed by atoms with Gasteiger partial charge in [-0.05, 0) is 31.4 Å². The van der Waals surface area contributed by atoms with Crippen molar-refractivity contribution in [3.05, 3.63) is 23.7 Å². The van der Waals surface area contributed by atoms with E-state index in [1.807, 2.05) is 6.07 Å². The summed E-state index contributed by atoms with van der Waals surface area (Å²) in [7, 11) is 1.36. The average molecular weight is 266 g/mol. The van der Waals surface area contributed by atoms with E-state index in [9.17, 15) is 4.79 Å². The molecule has 2 N–H and O–H groups in total. The van der Waals surface area contributed by atoms with Crippen LogP contribution in [0.5, 0.6) is 0 Å². The molecule has 0 bridgehead atoms. The Morgan fingerprint density at radius 3 is 3.11 bits per heavy atom. The minimum Gasteiger partial charge on any atom is -0.463 e. The molecular formula is C14H22N2O3. The number of ether oxygens (including phenoxy) is 1. The van der Waals surface area contributed by atoms with Gasteiger partial charge in [0.15, 0.2) is 0 Å². The van der Waals surface area contributed by atoms with Crippen LogP contribution in [0.1, 0.15) is 35.9 Å². The van der Waals surface area contributed by atoms with Crippen LogP contribution >= 0.6 is 0 Å². The number of piperidine rings is 1. The highest BCUT2D eigenvalue weighted by atomic mass is 16.5. The summed E-state index contributed by atoms with van der Waals surface area (Å²) in [5, 5.41) is 0. The number of carbonyl (C=O) groups is 1. The quantitative estimate of drug-likeness (QED) is 0.839. The van der Waals surface area contributed by atoms with Gasteiger partial charge in [-0.1, -0.05) is 6.92 Å². The van der Waals surface area contributed by atoms with Crippen molar-refractivity contribution in [3.63, 3.8) is 0 Å². The van der Waals surface area contributed by atoms with Crippen molar-refractivity contribution in [2.75, 3.05) is 20.2 Å². The van der Waals surface area contributed by atoms with Gasteiger partial charge in [-0.25, -0.2) is 4.79 Å². The lowest BCUT2D eigenvalue weighted by molar-refractivity contribution is 0.0556. The summed E-state index contributed by atoms with van der Waals surface area (Å²) in [6.07, 6.45) is 3.92. The highest BCUT2D eigenvalue weighted by Crippen LogP contribution is 2.25. The monoisotopic (exact) mass is 266 g/mol. The predicted molar refractivity (Wildman–Crippen MR) is 71.7 cm³/mol. The molecule has 1 aliphatic rings. The zero-order chi connectivity index (χ0) is 13.8. The molecule has 2 heterocycles. The molecule has 1 aromatic rings. The molecule has 2 atom stereocenters. The molecule has 1 fully saturated rings. The first-order chi connectivity index (χ1) is 9.17. The maximum atomic E-state index is 11.6. The van der Waals surface area contributed by atoms with Gasteiger partial charge in [0.2, 0.25) is 5.76 Å². The second kappa shape index (κ2) is 6.21. The fraction of sp³-hybridized carbons (Fsp3) is 0.643. The second-order valence-corrected chi connectivity index (χ2v) is 5.16. The number of furan rings is 1. The number of methoxy groups -OCH3 is 1. The summed E-state index contributed by atoms with van der Waals surface area (Å²) in [6, 6.07) is 2.20. The number of rotatable bonds is 4. The lowest BCUT2D eigenvalue weighted by Crippen LogP contribution is -2.48. The number of hydrogen-bond donors (Lipinski definition) is 1. The van der Waals surface area contributed by atoms with Gasteiger partial charge >= 0.3 is 5.97 Å². The Labute approximate surface area is 113 Å². The van der Waals surface area contributed by atoms with E-state index >= 15 is 0 Å². The minimum absolute atomic E-state index is 0.302. The molecule has 2 unspecified atom stereocenters. The lowest BCUT2D eigenvalue weighted by Gasteiger charge is -2.39. The zero-order valence-corrected chi connectivity index (χ0v) is 11.6. The highest BCUT2D eigenvalue weighted by molar-refractivity contribution is 5.87. The predicted octanol–water partition coefficient (Wildman–Crippen LogP) is 1.63. The molecule has 0 aliphatic carbocycles. The molecule has 19 heavy (non-hydrogen) atoms. The number of esters is 1. The molecule has 106 valence electrons. The number of hydrogen-bond acceptors (Lipinski definition) is 5. The van der Waals surface area contributed by atoms with Gasteiger partial charge in [-0.15, -0.1) is 0 Å². The average Bonchev–Trinajstić information content (AvgIpc) is 2.86. The van der Waals surface area contributed by atoms with Crippen molar-refractivity contribution >= 4 is 5.97 Å². The van der Waals surface area contributed by atoms with Gasteiger partial charge in [0.05, 0.1) is 13.4 Å². The summed E-state index contributed by atoms with van der Waals surface area (Å²) in [6.45, 7) is 4.58. The van der Waals surface area contributed by atoms with Crippen LogP contribution in [-0.4, -0.2) is 37.1 Å². The molecule has 5 heteroatoms. The third-order valence-electron chi connectivity index (χ3n) is 3.96. The van der Waals surface area contributed by atoms with Gasteiger partial charge in [0, 0.05) is 24.7 Å². The second-order valence-electron chi connectivity index (χ2n) is 5.16. The normalized spacial score (nSPS) is 24.4. The topological polar surface area (TPSA) is 68.7 Å². The van der Waals surface area contributed by atoms with Gasteiger partial charge in [-0.2, -0.15) is 0 Å². The molecule has 1 aromatic heterocycles.